The fourth-order valence-corrected chi connectivity index (χ4v) is 6.71. The highest BCUT2D eigenvalue weighted by atomic mass is 35.5. The number of hydrogen-bond donors (Lipinski definition) is 0. The fraction of sp³-hybridized carbons (Fsp3) is 0.387. The Balaban J connectivity index is 0.00000353. The summed E-state index contributed by atoms with van der Waals surface area (Å²) in [5.41, 5.74) is 2.20. The van der Waals surface area contributed by atoms with Crippen LogP contribution >= 0.6 is 11.8 Å². The lowest BCUT2D eigenvalue weighted by atomic mass is 9.83. The minimum absolute atomic E-state index is 0. The highest BCUT2D eigenvalue weighted by molar-refractivity contribution is 7.99. The zero-order chi connectivity index (χ0) is 26.5. The number of quaternary nitrogens is 1. The molecule has 0 spiro atoms. The average Bonchev–Trinajstić information content (AvgIpc) is 2.93. The zero-order valence-electron chi connectivity index (χ0n) is 22.2. The molecule has 0 saturated carbocycles. The second kappa shape index (κ2) is 13.2. The summed E-state index contributed by atoms with van der Waals surface area (Å²) in [4.78, 5) is 16.4. The minimum atomic E-state index is -0.922. The van der Waals surface area contributed by atoms with E-state index in [4.69, 9.17) is 4.74 Å². The van der Waals surface area contributed by atoms with Crippen LogP contribution in [0.25, 0.3) is 0 Å². The van der Waals surface area contributed by atoms with E-state index in [9.17, 15) is 13.6 Å². The Labute approximate surface area is 240 Å². The molecular weight excluding hydrogens is 538 g/mol. The third kappa shape index (κ3) is 7.33. The summed E-state index contributed by atoms with van der Waals surface area (Å²) in [5.74, 6) is -0.371. The Bertz CT molecular complexity index is 1250. The van der Waals surface area contributed by atoms with Crippen molar-refractivity contribution in [2.24, 2.45) is 5.92 Å². The van der Waals surface area contributed by atoms with Gasteiger partial charge in [0.2, 0.25) is 0 Å². The molecule has 0 aliphatic carbocycles. The Morgan fingerprint density at radius 1 is 1.00 bits per heavy atom. The second-order valence-electron chi connectivity index (χ2n) is 10.6. The molecule has 39 heavy (non-hydrogen) atoms. The van der Waals surface area contributed by atoms with Crippen LogP contribution in [0.1, 0.15) is 30.4 Å². The average molecular weight is 573 g/mol. The molecule has 2 bridgehead atoms. The number of carbonyl (C=O) groups excluding carboxylic acids is 1. The number of ether oxygens (including phenoxy) is 1. The Kier molecular flexibility index (Phi) is 9.91. The molecule has 3 fully saturated rings. The van der Waals surface area contributed by atoms with E-state index in [1.165, 1.54) is 15.9 Å². The van der Waals surface area contributed by atoms with E-state index in [0.29, 0.717) is 17.2 Å². The summed E-state index contributed by atoms with van der Waals surface area (Å²) in [6.45, 7) is 6.29. The van der Waals surface area contributed by atoms with Gasteiger partial charge in [0.1, 0.15) is 6.54 Å². The fourth-order valence-electron chi connectivity index (χ4n) is 5.85. The SMILES string of the molecule is Cc1cccc(N(Cc2ccc(F)c(F)c2)C(=O)O[C@H]2C[N+]3(CCCSc4ccccc4)CCC2CC3)c1.[Cl-]. The Morgan fingerprint density at radius 2 is 1.77 bits per heavy atom. The molecule has 0 unspecified atom stereocenters. The Hall–Kier alpha value is -2.61. The number of carbonyl (C=O) groups is 1. The maximum absolute atomic E-state index is 13.9. The van der Waals surface area contributed by atoms with Gasteiger partial charge in [-0.25, -0.2) is 13.6 Å². The molecule has 3 aromatic carbocycles. The smallest absolute Gasteiger partial charge is 0.415 e. The second-order valence-corrected chi connectivity index (χ2v) is 11.8. The molecule has 3 heterocycles. The molecule has 6 rings (SSSR count). The normalized spacial score (nSPS) is 21.7. The number of halogens is 3. The standard InChI is InChI=1S/C31H35F2N2O2S.ClH/c1-23-7-5-8-26(19-23)34(21-24-11-12-28(32)29(33)20-24)31(36)37-30-22-35(16-13-25(30)14-17-35)15-6-18-38-27-9-3-2-4-10-27;/h2-5,7-12,19-20,25,30H,6,13-18,21-22H2,1H3;1H/q+1;/p-1/t25?,30-,35?;/m0./s1. The summed E-state index contributed by atoms with van der Waals surface area (Å²) < 4.78 is 34.7. The van der Waals surface area contributed by atoms with Crippen molar-refractivity contribution in [3.63, 3.8) is 0 Å². The molecule has 0 aromatic heterocycles. The number of fused-ring (bicyclic) bond motifs is 3. The number of thioether (sulfide) groups is 1. The summed E-state index contributed by atoms with van der Waals surface area (Å²) >= 11 is 1.90. The summed E-state index contributed by atoms with van der Waals surface area (Å²) in [6.07, 6.45) is 2.69. The summed E-state index contributed by atoms with van der Waals surface area (Å²) in [5, 5.41) is 0. The molecule has 1 atom stereocenters. The van der Waals surface area contributed by atoms with Crippen molar-refractivity contribution in [2.75, 3.05) is 36.8 Å². The third-order valence-corrected chi connectivity index (χ3v) is 9.04. The first kappa shape index (κ1) is 29.4. The van der Waals surface area contributed by atoms with Gasteiger partial charge in [-0.1, -0.05) is 36.4 Å². The number of amides is 1. The highest BCUT2D eigenvalue weighted by Crippen LogP contribution is 2.37. The van der Waals surface area contributed by atoms with Crippen LogP contribution in [0.2, 0.25) is 0 Å². The molecule has 8 heteroatoms. The van der Waals surface area contributed by atoms with Crippen LogP contribution in [0.15, 0.2) is 77.7 Å². The predicted octanol–water partition coefficient (Wildman–Crippen LogP) is 4.21. The minimum Gasteiger partial charge on any atom is -1.00 e. The topological polar surface area (TPSA) is 29.5 Å². The first-order valence-corrected chi connectivity index (χ1v) is 14.4. The van der Waals surface area contributed by atoms with Crippen molar-refractivity contribution in [2.45, 2.75) is 43.7 Å². The van der Waals surface area contributed by atoms with E-state index in [1.807, 2.05) is 49.0 Å². The third-order valence-electron chi connectivity index (χ3n) is 7.94. The van der Waals surface area contributed by atoms with E-state index in [2.05, 4.69) is 24.3 Å². The van der Waals surface area contributed by atoms with E-state index in [1.54, 1.807) is 0 Å². The van der Waals surface area contributed by atoms with Gasteiger partial charge in [0.05, 0.1) is 26.2 Å². The first-order chi connectivity index (χ1) is 18.4. The van der Waals surface area contributed by atoms with Crippen molar-refractivity contribution in [1.82, 2.24) is 0 Å². The van der Waals surface area contributed by atoms with E-state index in [0.717, 1.165) is 73.4 Å². The molecule has 3 aliphatic heterocycles. The van der Waals surface area contributed by atoms with Crippen molar-refractivity contribution >= 4 is 23.5 Å². The number of hydrogen-bond acceptors (Lipinski definition) is 3. The molecule has 3 aromatic rings. The lowest BCUT2D eigenvalue weighted by Gasteiger charge is -2.52. The van der Waals surface area contributed by atoms with Gasteiger partial charge < -0.3 is 21.6 Å². The lowest BCUT2D eigenvalue weighted by molar-refractivity contribution is -0.946. The monoisotopic (exact) mass is 572 g/mol. The van der Waals surface area contributed by atoms with Crippen molar-refractivity contribution in [3.8, 4) is 0 Å². The van der Waals surface area contributed by atoms with Gasteiger partial charge in [0.15, 0.2) is 17.7 Å². The van der Waals surface area contributed by atoms with Gasteiger partial charge in [-0.3, -0.25) is 4.90 Å². The largest absolute Gasteiger partial charge is 1.00 e. The number of benzene rings is 3. The van der Waals surface area contributed by atoms with Crippen LogP contribution in [-0.2, 0) is 11.3 Å². The number of aryl methyl sites for hydroxylation is 1. The van der Waals surface area contributed by atoms with Gasteiger partial charge in [-0.05, 0) is 54.4 Å². The van der Waals surface area contributed by atoms with E-state index >= 15 is 0 Å². The lowest BCUT2D eigenvalue weighted by Crippen LogP contribution is -3.00. The molecule has 4 nitrogen and oxygen atoms in total. The predicted molar refractivity (Wildman–Crippen MR) is 148 cm³/mol. The van der Waals surface area contributed by atoms with Crippen LogP contribution in [0.5, 0.6) is 0 Å². The van der Waals surface area contributed by atoms with Gasteiger partial charge in [-0.2, -0.15) is 0 Å². The van der Waals surface area contributed by atoms with Crippen LogP contribution < -0.4 is 17.3 Å². The number of anilines is 1. The quantitative estimate of drug-likeness (QED) is 0.219. The maximum Gasteiger partial charge on any atom is 0.415 e. The van der Waals surface area contributed by atoms with Gasteiger partial charge in [0.25, 0.3) is 0 Å². The van der Waals surface area contributed by atoms with Crippen LogP contribution in [0, 0.1) is 24.5 Å². The highest BCUT2D eigenvalue weighted by Gasteiger charge is 2.47. The summed E-state index contributed by atoms with van der Waals surface area (Å²) in [6, 6.07) is 21.9. The van der Waals surface area contributed by atoms with Crippen LogP contribution in [0.4, 0.5) is 19.3 Å². The zero-order valence-corrected chi connectivity index (χ0v) is 23.8. The van der Waals surface area contributed by atoms with Crippen molar-refractivity contribution in [3.05, 3.63) is 95.6 Å². The van der Waals surface area contributed by atoms with E-state index < -0.39 is 17.7 Å². The number of rotatable bonds is 9. The molecule has 1 amide bonds. The van der Waals surface area contributed by atoms with Crippen molar-refractivity contribution in [1.29, 1.82) is 0 Å². The number of nitrogens with zero attached hydrogens (tertiary/aromatic N) is 2. The molecular formula is C31H35ClF2N2O2S. The van der Waals surface area contributed by atoms with Crippen molar-refractivity contribution < 1.29 is 35.2 Å². The first-order valence-electron chi connectivity index (χ1n) is 13.4. The maximum atomic E-state index is 13.9. The van der Waals surface area contributed by atoms with Gasteiger partial charge >= 0.3 is 6.09 Å². The molecule has 3 saturated heterocycles. The molecule has 0 radical (unpaired) electrons. The summed E-state index contributed by atoms with van der Waals surface area (Å²) in [7, 11) is 0. The van der Waals surface area contributed by atoms with Gasteiger partial charge in [-0.15, -0.1) is 11.8 Å². The van der Waals surface area contributed by atoms with Crippen LogP contribution in [0.3, 0.4) is 0 Å². The van der Waals surface area contributed by atoms with E-state index in [-0.39, 0.29) is 25.1 Å². The molecule has 0 N–H and O–H groups in total. The molecule has 208 valence electrons. The van der Waals surface area contributed by atoms with Gasteiger partial charge in [0, 0.05) is 41.5 Å². The number of piperidine rings is 3. The van der Waals surface area contributed by atoms with Crippen LogP contribution in [-0.4, -0.2) is 48.6 Å². The molecule has 3 aliphatic rings. The Morgan fingerprint density at radius 3 is 2.49 bits per heavy atom.